The minimum absolute atomic E-state index is 0.0284. The molecule has 0 fully saturated rings. The molecule has 0 radical (unpaired) electrons. The molecule has 0 saturated heterocycles. The van der Waals surface area contributed by atoms with Crippen LogP contribution >= 0.6 is 11.6 Å². The summed E-state index contributed by atoms with van der Waals surface area (Å²) in [7, 11) is -1.41. The van der Waals surface area contributed by atoms with Gasteiger partial charge in [-0.15, -0.1) is 0 Å². The van der Waals surface area contributed by atoms with E-state index in [1.807, 2.05) is 31.2 Å². The SMILES string of the molecule is CON(C)S(=O)(=O)c1ccc(Cl)c(C(=O)OCc2ccc(C)cc2)c1. The van der Waals surface area contributed by atoms with Crippen molar-refractivity contribution in [2.45, 2.75) is 18.4 Å². The maximum atomic E-state index is 12.3. The lowest BCUT2D eigenvalue weighted by Crippen LogP contribution is -2.26. The van der Waals surface area contributed by atoms with Crippen molar-refractivity contribution in [1.29, 1.82) is 0 Å². The lowest BCUT2D eigenvalue weighted by atomic mass is 10.2. The fraction of sp³-hybridized carbons (Fsp3) is 0.235. The number of nitrogens with zero attached hydrogens (tertiary/aromatic N) is 1. The lowest BCUT2D eigenvalue weighted by Gasteiger charge is -2.15. The fourth-order valence-electron chi connectivity index (χ4n) is 1.98. The molecule has 2 aromatic rings. The molecule has 25 heavy (non-hydrogen) atoms. The Morgan fingerprint density at radius 2 is 1.80 bits per heavy atom. The molecular weight excluding hydrogens is 366 g/mol. The molecular formula is C17H18ClNO5S. The molecule has 0 saturated carbocycles. The summed E-state index contributed by atoms with van der Waals surface area (Å²) in [5, 5.41) is 0.105. The van der Waals surface area contributed by atoms with Gasteiger partial charge in [-0.3, -0.25) is 4.84 Å². The number of aryl methyl sites for hydroxylation is 1. The van der Waals surface area contributed by atoms with E-state index in [1.165, 1.54) is 32.4 Å². The van der Waals surface area contributed by atoms with E-state index < -0.39 is 16.0 Å². The predicted octanol–water partition coefficient (Wildman–Crippen LogP) is 3.19. The van der Waals surface area contributed by atoms with E-state index in [2.05, 4.69) is 0 Å². The van der Waals surface area contributed by atoms with Gasteiger partial charge >= 0.3 is 5.97 Å². The summed E-state index contributed by atoms with van der Waals surface area (Å²) in [6.07, 6.45) is 0. The summed E-state index contributed by atoms with van der Waals surface area (Å²) >= 11 is 6.02. The molecule has 0 amide bonds. The Bertz CT molecular complexity index is 865. The Kier molecular flexibility index (Phi) is 6.18. The van der Waals surface area contributed by atoms with Crippen LogP contribution in [0.25, 0.3) is 0 Å². The number of carbonyl (C=O) groups is 1. The zero-order chi connectivity index (χ0) is 18.6. The maximum absolute atomic E-state index is 12.3. The first-order chi connectivity index (χ1) is 11.8. The van der Waals surface area contributed by atoms with Crippen molar-refractivity contribution < 1.29 is 22.8 Å². The minimum Gasteiger partial charge on any atom is -0.457 e. The van der Waals surface area contributed by atoms with E-state index in [-0.39, 0.29) is 22.1 Å². The quantitative estimate of drug-likeness (QED) is 0.565. The van der Waals surface area contributed by atoms with Crippen LogP contribution in [0.4, 0.5) is 0 Å². The first-order valence-electron chi connectivity index (χ1n) is 7.31. The van der Waals surface area contributed by atoms with Gasteiger partial charge in [-0.05, 0) is 30.7 Å². The van der Waals surface area contributed by atoms with Crippen LogP contribution in [0.2, 0.25) is 5.02 Å². The molecule has 2 aromatic carbocycles. The van der Waals surface area contributed by atoms with Gasteiger partial charge in [0, 0.05) is 7.05 Å². The monoisotopic (exact) mass is 383 g/mol. The Balaban J connectivity index is 2.22. The van der Waals surface area contributed by atoms with E-state index in [0.29, 0.717) is 4.47 Å². The third kappa shape index (κ3) is 4.58. The summed E-state index contributed by atoms with van der Waals surface area (Å²) in [6, 6.07) is 11.3. The first kappa shape index (κ1) is 19.4. The molecule has 0 unspecified atom stereocenters. The van der Waals surface area contributed by atoms with Crippen LogP contribution in [-0.2, 0) is 26.2 Å². The van der Waals surface area contributed by atoms with Crippen molar-refractivity contribution in [3.8, 4) is 0 Å². The van der Waals surface area contributed by atoms with E-state index >= 15 is 0 Å². The molecule has 0 atom stereocenters. The summed E-state index contributed by atoms with van der Waals surface area (Å²) in [5.41, 5.74) is 1.88. The Labute approximate surface area is 151 Å². The molecule has 0 N–H and O–H groups in total. The van der Waals surface area contributed by atoms with Crippen molar-refractivity contribution >= 4 is 27.6 Å². The van der Waals surface area contributed by atoms with E-state index in [9.17, 15) is 13.2 Å². The topological polar surface area (TPSA) is 72.9 Å². The molecule has 0 aliphatic carbocycles. The number of hydrogen-bond acceptors (Lipinski definition) is 5. The van der Waals surface area contributed by atoms with Crippen LogP contribution in [0.15, 0.2) is 47.4 Å². The van der Waals surface area contributed by atoms with Crippen LogP contribution in [-0.4, -0.2) is 33.0 Å². The molecule has 2 rings (SSSR count). The van der Waals surface area contributed by atoms with Gasteiger partial charge < -0.3 is 4.74 Å². The largest absolute Gasteiger partial charge is 0.457 e. The highest BCUT2D eigenvalue weighted by atomic mass is 35.5. The van der Waals surface area contributed by atoms with Gasteiger partial charge in [0.25, 0.3) is 10.0 Å². The molecule has 134 valence electrons. The molecule has 8 heteroatoms. The van der Waals surface area contributed by atoms with Crippen molar-refractivity contribution in [2.24, 2.45) is 0 Å². The number of hydrogen-bond donors (Lipinski definition) is 0. The number of benzene rings is 2. The van der Waals surface area contributed by atoms with E-state index in [4.69, 9.17) is 21.2 Å². The van der Waals surface area contributed by atoms with E-state index in [0.717, 1.165) is 11.1 Å². The fourth-order valence-corrected chi connectivity index (χ4v) is 3.17. The highest BCUT2D eigenvalue weighted by molar-refractivity contribution is 7.89. The van der Waals surface area contributed by atoms with Gasteiger partial charge in [-0.25, -0.2) is 13.2 Å². The second kappa shape index (κ2) is 7.97. The second-order valence-electron chi connectivity index (χ2n) is 5.30. The van der Waals surface area contributed by atoms with Gasteiger partial charge in [-0.1, -0.05) is 45.9 Å². The Morgan fingerprint density at radius 3 is 2.40 bits per heavy atom. The van der Waals surface area contributed by atoms with Crippen LogP contribution in [0.5, 0.6) is 0 Å². The Hall–Kier alpha value is -1.93. The van der Waals surface area contributed by atoms with Gasteiger partial charge in [0.05, 0.1) is 22.6 Å². The highest BCUT2D eigenvalue weighted by Gasteiger charge is 2.23. The second-order valence-corrected chi connectivity index (χ2v) is 7.64. The molecule has 6 nitrogen and oxygen atoms in total. The van der Waals surface area contributed by atoms with Crippen molar-refractivity contribution in [2.75, 3.05) is 14.2 Å². The number of halogens is 1. The summed E-state index contributed by atoms with van der Waals surface area (Å²) in [5.74, 6) is -0.706. The third-order valence-electron chi connectivity index (χ3n) is 3.54. The van der Waals surface area contributed by atoms with Gasteiger partial charge in [0.2, 0.25) is 0 Å². The molecule has 0 aliphatic rings. The van der Waals surface area contributed by atoms with Crippen molar-refractivity contribution in [1.82, 2.24) is 4.47 Å². The zero-order valence-corrected chi connectivity index (χ0v) is 15.6. The zero-order valence-electron chi connectivity index (χ0n) is 14.0. The molecule has 0 spiro atoms. The lowest BCUT2D eigenvalue weighted by molar-refractivity contribution is -0.0258. The Morgan fingerprint density at radius 1 is 1.16 bits per heavy atom. The van der Waals surface area contributed by atoms with Crippen molar-refractivity contribution in [3.63, 3.8) is 0 Å². The van der Waals surface area contributed by atoms with Crippen LogP contribution in [0, 0.1) is 6.92 Å². The number of rotatable bonds is 6. The maximum Gasteiger partial charge on any atom is 0.340 e. The average Bonchev–Trinajstić information content (AvgIpc) is 2.60. The van der Waals surface area contributed by atoms with Gasteiger partial charge in [0.1, 0.15) is 6.61 Å². The third-order valence-corrected chi connectivity index (χ3v) is 5.55. The number of carbonyl (C=O) groups excluding carboxylic acids is 1. The van der Waals surface area contributed by atoms with Crippen LogP contribution < -0.4 is 0 Å². The van der Waals surface area contributed by atoms with E-state index in [1.54, 1.807) is 0 Å². The standard InChI is InChI=1S/C17H18ClNO5S/c1-12-4-6-13(7-5-12)11-24-17(20)15-10-14(8-9-16(15)18)25(21,22)19(2)23-3/h4-10H,11H2,1-3H3. The van der Waals surface area contributed by atoms with Gasteiger partial charge in [-0.2, -0.15) is 0 Å². The first-order valence-corrected chi connectivity index (χ1v) is 9.12. The number of hydroxylamine groups is 1. The molecule has 0 bridgehead atoms. The highest BCUT2D eigenvalue weighted by Crippen LogP contribution is 2.23. The van der Waals surface area contributed by atoms with Crippen LogP contribution in [0.3, 0.4) is 0 Å². The number of esters is 1. The summed E-state index contributed by atoms with van der Waals surface area (Å²) in [6.45, 7) is 2.02. The molecule has 0 aromatic heterocycles. The minimum atomic E-state index is -3.89. The predicted molar refractivity (Wildman–Crippen MR) is 93.7 cm³/mol. The van der Waals surface area contributed by atoms with Gasteiger partial charge in [0.15, 0.2) is 0 Å². The number of ether oxygens (including phenoxy) is 1. The molecule has 0 heterocycles. The van der Waals surface area contributed by atoms with Crippen molar-refractivity contribution in [3.05, 3.63) is 64.2 Å². The molecule has 0 aliphatic heterocycles. The van der Waals surface area contributed by atoms with Crippen LogP contribution in [0.1, 0.15) is 21.5 Å². The number of sulfonamides is 1. The summed E-state index contributed by atoms with van der Waals surface area (Å²) < 4.78 is 30.5. The smallest absolute Gasteiger partial charge is 0.340 e. The average molecular weight is 384 g/mol. The summed E-state index contributed by atoms with van der Waals surface area (Å²) in [4.78, 5) is 16.9. The normalized spacial score (nSPS) is 11.6.